The van der Waals surface area contributed by atoms with Gasteiger partial charge in [0.15, 0.2) is 37.7 Å². The first-order valence-electron chi connectivity index (χ1n) is 24.6. The molecule has 6 heterocycles. The zero-order valence-corrected chi connectivity index (χ0v) is 40.9. The van der Waals surface area contributed by atoms with Crippen molar-refractivity contribution in [2.24, 2.45) is 0 Å². The molecule has 24 N–H and O–H groups in total. The van der Waals surface area contributed by atoms with Gasteiger partial charge in [0.25, 0.3) is 0 Å². The molecular weight excluding hydrogens is 1080 g/mol. The second-order valence-corrected chi connectivity index (χ2v) is 19.5. The smallest absolute Gasteiger partial charge is 0.187 e. The maximum absolute atomic E-state index is 11.5. The molecule has 6 aliphatic rings. The van der Waals surface area contributed by atoms with Crippen molar-refractivity contribution < 1.29 is 179 Å². The summed E-state index contributed by atoms with van der Waals surface area (Å²) in [7, 11) is 0. The van der Waals surface area contributed by atoms with E-state index < -0.39 is 262 Å². The average molecular weight is 1160 g/mol. The number of hydrogen-bond acceptors (Lipinski definition) is 36. The molecular formula is C42H74O36. The third-order valence-electron chi connectivity index (χ3n) is 14.1. The first kappa shape index (κ1) is 65.7. The standard InChI is InChI=1S/C42H74O36/c43-1-9(47)17(49)18(50)10(48)5-67-39-33(65)35(77-41-31(63)26(58)20(52)12(3-45)72-41)23(55)15(75-39)8-69-38-30(62)28(60)22(54)14(74-38)6-70-40-34(66)36(78-42-32(64)27(59)21(53)13(4-46)73-42)24(56)16(76-40)7-68-37-29(61)25(57)19(51)11(2-44)71-37/h9-66H,1-8H2/t9-,10+,11-,12-,13-,14-,15+,16-,17-,18+,19-,20-,21-,22-,23+,24-,25+,26+,27+,28+,29-,30-,31-,32-,33+,34-,35-,36+,37-,38-,39+,40-,41+,42+/m0/s1. The van der Waals surface area contributed by atoms with E-state index in [1.54, 1.807) is 0 Å². The van der Waals surface area contributed by atoms with Crippen LogP contribution >= 0.6 is 0 Å². The molecule has 0 aliphatic carbocycles. The van der Waals surface area contributed by atoms with Crippen LogP contribution in [-0.4, -0.2) is 384 Å². The average Bonchev–Trinajstić information content (AvgIpc) is 3.46. The van der Waals surface area contributed by atoms with Crippen LogP contribution in [0.1, 0.15) is 0 Å². The van der Waals surface area contributed by atoms with Gasteiger partial charge in [-0.3, -0.25) is 0 Å². The highest BCUT2D eigenvalue weighted by molar-refractivity contribution is 4.98. The van der Waals surface area contributed by atoms with Gasteiger partial charge in [-0.15, -0.1) is 0 Å². The molecule has 6 aliphatic heterocycles. The van der Waals surface area contributed by atoms with Crippen molar-refractivity contribution in [1.29, 1.82) is 0 Å². The molecule has 6 fully saturated rings. The third kappa shape index (κ3) is 14.5. The fraction of sp³-hybridized carbons (Fsp3) is 1.00. The largest absolute Gasteiger partial charge is 0.394 e. The zero-order chi connectivity index (χ0) is 57.8. The van der Waals surface area contributed by atoms with Crippen LogP contribution in [0.4, 0.5) is 0 Å². The van der Waals surface area contributed by atoms with Gasteiger partial charge in [-0.2, -0.15) is 0 Å². The van der Waals surface area contributed by atoms with E-state index in [1.807, 2.05) is 0 Å². The quantitative estimate of drug-likeness (QED) is 0.0452. The minimum absolute atomic E-state index is 0.858. The first-order chi connectivity index (χ1) is 36.8. The van der Waals surface area contributed by atoms with E-state index in [4.69, 9.17) is 61.9 Å². The van der Waals surface area contributed by atoms with Crippen LogP contribution in [0.2, 0.25) is 0 Å². The Hall–Kier alpha value is -1.44. The van der Waals surface area contributed by atoms with E-state index >= 15 is 0 Å². The van der Waals surface area contributed by atoms with Crippen molar-refractivity contribution >= 4 is 0 Å². The summed E-state index contributed by atoms with van der Waals surface area (Å²) in [5.41, 5.74) is 0. The molecule has 0 bridgehead atoms. The molecule has 0 radical (unpaired) electrons. The van der Waals surface area contributed by atoms with Gasteiger partial charge < -0.3 is 179 Å². The Kier molecular flexibility index (Phi) is 24.3. The number of hydrogen-bond donors (Lipinski definition) is 24. The summed E-state index contributed by atoms with van der Waals surface area (Å²) >= 11 is 0. The lowest BCUT2D eigenvalue weighted by molar-refractivity contribution is -0.374. The van der Waals surface area contributed by atoms with Crippen molar-refractivity contribution in [1.82, 2.24) is 0 Å². The van der Waals surface area contributed by atoms with Crippen LogP contribution in [0.15, 0.2) is 0 Å². The maximum Gasteiger partial charge on any atom is 0.187 e. The molecule has 458 valence electrons. The third-order valence-corrected chi connectivity index (χ3v) is 14.1. The van der Waals surface area contributed by atoms with Crippen LogP contribution in [0.3, 0.4) is 0 Å². The molecule has 0 unspecified atom stereocenters. The number of aliphatic hydroxyl groups excluding tert-OH is 24. The van der Waals surface area contributed by atoms with Gasteiger partial charge in [-0.25, -0.2) is 0 Å². The fourth-order valence-electron chi connectivity index (χ4n) is 9.17. The lowest BCUT2D eigenvalue weighted by atomic mass is 9.96. The van der Waals surface area contributed by atoms with E-state index in [0.717, 1.165) is 0 Å². The summed E-state index contributed by atoms with van der Waals surface area (Å²) in [6.45, 7) is -7.56. The van der Waals surface area contributed by atoms with Crippen LogP contribution < -0.4 is 0 Å². The lowest BCUT2D eigenvalue weighted by Gasteiger charge is -2.47. The molecule has 0 aromatic carbocycles. The van der Waals surface area contributed by atoms with Crippen LogP contribution in [0.25, 0.3) is 0 Å². The molecule has 6 saturated heterocycles. The van der Waals surface area contributed by atoms with Crippen LogP contribution in [0, 0.1) is 0 Å². The minimum Gasteiger partial charge on any atom is -0.394 e. The predicted octanol–water partition coefficient (Wildman–Crippen LogP) is -16.6. The maximum atomic E-state index is 11.5. The Bertz CT molecular complexity index is 1760. The van der Waals surface area contributed by atoms with Crippen LogP contribution in [-0.2, 0) is 56.8 Å². The SMILES string of the molecule is OC[C@@H]1O[C@H](OC[C@@H]2O[C@H](OC[C@@H]3O[C@H](OC[C@H]4O[C@@H](OC[C@@H](O)[C@@H](O)[C@@H](O)[C@@H](O)CO)[C@H](O)[C@@H](O[C@H]5O[C@@H](CO)[C@H](O)[C@@H](O)[C@@H]5O)[C@@H]4O)[C@@H](O)[C@H](O)[C@H]3O)[C@@H](O)[C@H](O[C@H]3O[C@@H](CO)[C@H](O)[C@@H](O)[C@@H]3O)[C@H]2O)[C@@H](O)[C@H](O)[C@H]1O. The molecule has 36 nitrogen and oxygen atoms in total. The zero-order valence-electron chi connectivity index (χ0n) is 40.9. The molecule has 36 heteroatoms. The number of rotatable bonds is 23. The molecule has 0 saturated carbocycles. The topological polar surface area (TPSA) is 596 Å². The lowest BCUT2D eigenvalue weighted by Crippen LogP contribution is -2.66. The Balaban J connectivity index is 1.17. The first-order valence-corrected chi connectivity index (χ1v) is 24.6. The van der Waals surface area contributed by atoms with Crippen molar-refractivity contribution in [2.45, 2.75) is 209 Å². The number of ether oxygens (including phenoxy) is 12. The van der Waals surface area contributed by atoms with Crippen molar-refractivity contribution in [3.63, 3.8) is 0 Å². The summed E-state index contributed by atoms with van der Waals surface area (Å²) in [5, 5.41) is 251. The number of aliphatic hydroxyl groups is 24. The van der Waals surface area contributed by atoms with E-state index in [9.17, 15) is 117 Å². The summed E-state index contributed by atoms with van der Waals surface area (Å²) < 4.78 is 66.7. The molecule has 78 heavy (non-hydrogen) atoms. The van der Waals surface area contributed by atoms with Gasteiger partial charge in [0.05, 0.1) is 52.9 Å². The van der Waals surface area contributed by atoms with Crippen LogP contribution in [0.5, 0.6) is 0 Å². The predicted molar refractivity (Wildman–Crippen MR) is 234 cm³/mol. The second-order valence-electron chi connectivity index (χ2n) is 19.5. The van der Waals surface area contributed by atoms with Gasteiger partial charge in [0, 0.05) is 0 Å². The van der Waals surface area contributed by atoms with E-state index in [-0.39, 0.29) is 0 Å². The van der Waals surface area contributed by atoms with Gasteiger partial charge in [0.1, 0.15) is 171 Å². The second kappa shape index (κ2) is 28.9. The van der Waals surface area contributed by atoms with Crippen molar-refractivity contribution in [2.75, 3.05) is 52.9 Å². The summed E-state index contributed by atoms with van der Waals surface area (Å²) in [6, 6.07) is 0. The summed E-state index contributed by atoms with van der Waals surface area (Å²) in [6.07, 6.45) is -66.8. The molecule has 34 atom stereocenters. The molecule has 0 amide bonds. The Morgan fingerprint density at radius 2 is 0.551 bits per heavy atom. The van der Waals surface area contributed by atoms with E-state index in [1.165, 1.54) is 0 Å². The highest BCUT2D eigenvalue weighted by Crippen LogP contribution is 2.34. The van der Waals surface area contributed by atoms with Gasteiger partial charge in [0.2, 0.25) is 0 Å². The highest BCUT2D eigenvalue weighted by Gasteiger charge is 2.55. The van der Waals surface area contributed by atoms with Crippen molar-refractivity contribution in [3.05, 3.63) is 0 Å². The highest BCUT2D eigenvalue weighted by atomic mass is 16.8. The fourth-order valence-corrected chi connectivity index (χ4v) is 9.17. The van der Waals surface area contributed by atoms with E-state index in [2.05, 4.69) is 0 Å². The van der Waals surface area contributed by atoms with Gasteiger partial charge in [-0.05, 0) is 0 Å². The Morgan fingerprint density at radius 3 is 0.897 bits per heavy atom. The van der Waals surface area contributed by atoms with E-state index in [0.29, 0.717) is 0 Å². The molecule has 0 aromatic rings. The molecule has 0 aromatic heterocycles. The monoisotopic (exact) mass is 1150 g/mol. The van der Waals surface area contributed by atoms with Gasteiger partial charge >= 0.3 is 0 Å². The Labute approximate surface area is 440 Å². The molecule has 0 spiro atoms. The normalized spacial score (nSPS) is 49.2. The van der Waals surface area contributed by atoms with Gasteiger partial charge in [-0.1, -0.05) is 0 Å². The molecule has 6 rings (SSSR count). The Morgan fingerprint density at radius 1 is 0.282 bits per heavy atom. The minimum atomic E-state index is -2.19. The van der Waals surface area contributed by atoms with Crippen molar-refractivity contribution in [3.8, 4) is 0 Å². The summed E-state index contributed by atoms with van der Waals surface area (Å²) in [5.74, 6) is 0. The summed E-state index contributed by atoms with van der Waals surface area (Å²) in [4.78, 5) is 0.